The molecule has 0 bridgehead atoms. The van der Waals surface area contributed by atoms with E-state index in [4.69, 9.17) is 0 Å². The van der Waals surface area contributed by atoms with Crippen molar-refractivity contribution < 1.29 is 0 Å². The van der Waals surface area contributed by atoms with E-state index in [0.717, 1.165) is 24.8 Å². The van der Waals surface area contributed by atoms with Gasteiger partial charge in [-0.1, -0.05) is 189 Å². The fraction of sp³-hybridized carbons (Fsp3) is 0.0909. The van der Waals surface area contributed by atoms with E-state index in [1.54, 1.807) is 0 Å². The molecule has 2 heteroatoms. The number of rotatable bonds is 9. The van der Waals surface area contributed by atoms with Crippen molar-refractivity contribution in [3.05, 3.63) is 246 Å². The van der Waals surface area contributed by atoms with E-state index in [2.05, 4.69) is 212 Å². The van der Waals surface area contributed by atoms with E-state index in [9.17, 15) is 0 Å². The molecule has 3 aliphatic rings. The third kappa shape index (κ3) is 6.18. The summed E-state index contributed by atoms with van der Waals surface area (Å²) in [7, 11) is 0. The highest BCUT2D eigenvalue weighted by Gasteiger charge is 2.42. The fourth-order valence-corrected chi connectivity index (χ4v) is 10.4. The van der Waals surface area contributed by atoms with Gasteiger partial charge in [-0.25, -0.2) is 0 Å². The molecule has 3 aliphatic carbocycles. The molecule has 0 saturated heterocycles. The van der Waals surface area contributed by atoms with Crippen LogP contribution in [0.1, 0.15) is 36.0 Å². The molecule has 0 N–H and O–H groups in total. The topological polar surface area (TPSA) is 3.24 Å². The molecule has 0 radical (unpaired) electrons. The van der Waals surface area contributed by atoms with Crippen molar-refractivity contribution >= 4 is 37.2 Å². The van der Waals surface area contributed by atoms with Gasteiger partial charge in [0.15, 0.2) is 0 Å². The summed E-state index contributed by atoms with van der Waals surface area (Å²) < 4.78 is 2.65. The predicted octanol–water partition coefficient (Wildman–Crippen LogP) is 14.7. The Morgan fingerprint density at radius 2 is 1.40 bits per heavy atom. The SMILES string of the molecule is C=C/C=C(\C=C\C1(c2ccccc2)c2ccccc2-c2ccccc21)C1=CCC(N(C2=CC=CCC2)c2ccc3c(c2)sc2cc(-c4ccccc4)ccc23)C=C1. The summed E-state index contributed by atoms with van der Waals surface area (Å²) in [6, 6.07) is 53.6. The van der Waals surface area contributed by atoms with Crippen molar-refractivity contribution in [1.82, 2.24) is 0 Å². The molecule has 6 aromatic carbocycles. The zero-order valence-electron chi connectivity index (χ0n) is 31.9. The number of benzene rings is 6. The molecule has 1 heterocycles. The lowest BCUT2D eigenvalue weighted by molar-refractivity contribution is 0.718. The lowest BCUT2D eigenvalue weighted by Gasteiger charge is -2.36. The molecule has 10 rings (SSSR count). The second-order valence-electron chi connectivity index (χ2n) is 15.1. The van der Waals surface area contributed by atoms with Crippen LogP contribution in [0.5, 0.6) is 0 Å². The smallest absolute Gasteiger partial charge is 0.0647 e. The standard InChI is InChI=1S/C55H43NS/c1-2-16-39(35-36-55(43-19-8-4-9-20-43)51-25-14-12-23-47(51)48-24-13-15-26-52(48)55)41-27-30-45(31-28-41)56(44-21-10-5-11-22-44)46-32-34-50-49-33-29-42(40-17-6-3-7-18-40)37-53(49)57-54(50)38-46/h2-10,12-21,23-30,32-38,45H,1,11,22,31H2/b36-35+,39-16+. The van der Waals surface area contributed by atoms with Gasteiger partial charge in [-0.2, -0.15) is 0 Å². The summed E-state index contributed by atoms with van der Waals surface area (Å²) in [5, 5.41) is 2.65. The summed E-state index contributed by atoms with van der Waals surface area (Å²) in [5.41, 5.74) is 13.6. The number of allylic oxidation sites excluding steroid dienone is 11. The molecule has 1 nitrogen and oxygen atoms in total. The Kier molecular flexibility index (Phi) is 9.13. The minimum absolute atomic E-state index is 0.196. The van der Waals surface area contributed by atoms with Crippen LogP contribution in [0.4, 0.5) is 5.69 Å². The summed E-state index contributed by atoms with van der Waals surface area (Å²) in [6.07, 6.45) is 25.8. The van der Waals surface area contributed by atoms with E-state index < -0.39 is 5.41 Å². The number of nitrogens with zero attached hydrogens (tertiary/aromatic N) is 1. The van der Waals surface area contributed by atoms with Gasteiger partial charge >= 0.3 is 0 Å². The van der Waals surface area contributed by atoms with Gasteiger partial charge in [-0.3, -0.25) is 0 Å². The normalized spacial score (nSPS) is 17.1. The Labute approximate surface area is 340 Å². The van der Waals surface area contributed by atoms with Crippen LogP contribution in [-0.4, -0.2) is 6.04 Å². The molecule has 1 unspecified atom stereocenters. The van der Waals surface area contributed by atoms with Crippen LogP contribution in [0.25, 0.3) is 42.4 Å². The molecule has 274 valence electrons. The molecular weight excluding hydrogens is 707 g/mol. The van der Waals surface area contributed by atoms with Gasteiger partial charge in [0.25, 0.3) is 0 Å². The Bertz CT molecular complexity index is 2800. The van der Waals surface area contributed by atoms with Crippen LogP contribution in [0, 0.1) is 0 Å². The van der Waals surface area contributed by atoms with Crippen molar-refractivity contribution in [3.63, 3.8) is 0 Å². The van der Waals surface area contributed by atoms with E-state index in [1.165, 1.54) is 76.1 Å². The molecule has 57 heavy (non-hydrogen) atoms. The van der Waals surface area contributed by atoms with Crippen LogP contribution in [0.15, 0.2) is 230 Å². The quantitative estimate of drug-likeness (QED) is 0.133. The predicted molar refractivity (Wildman–Crippen MR) is 245 cm³/mol. The molecular formula is C55H43NS. The maximum atomic E-state index is 4.14. The molecule has 1 atom stereocenters. The highest BCUT2D eigenvalue weighted by Crippen LogP contribution is 2.53. The van der Waals surface area contributed by atoms with Gasteiger partial charge < -0.3 is 4.90 Å². The van der Waals surface area contributed by atoms with E-state index in [-0.39, 0.29) is 6.04 Å². The van der Waals surface area contributed by atoms with Crippen LogP contribution in [0.2, 0.25) is 0 Å². The Morgan fingerprint density at radius 1 is 0.719 bits per heavy atom. The van der Waals surface area contributed by atoms with Gasteiger partial charge in [0.05, 0.1) is 11.5 Å². The number of thiophene rings is 1. The van der Waals surface area contributed by atoms with E-state index in [0.29, 0.717) is 0 Å². The third-order valence-electron chi connectivity index (χ3n) is 11.9. The summed E-state index contributed by atoms with van der Waals surface area (Å²) in [6.45, 7) is 4.14. The second kappa shape index (κ2) is 14.9. The average Bonchev–Trinajstić information content (AvgIpc) is 3.79. The molecule has 7 aromatic rings. The van der Waals surface area contributed by atoms with Crippen molar-refractivity contribution in [2.24, 2.45) is 0 Å². The first-order valence-electron chi connectivity index (χ1n) is 20.0. The minimum Gasteiger partial charge on any atom is -0.338 e. The largest absolute Gasteiger partial charge is 0.338 e. The summed E-state index contributed by atoms with van der Waals surface area (Å²) in [5.74, 6) is 0. The van der Waals surface area contributed by atoms with Crippen LogP contribution < -0.4 is 4.90 Å². The molecule has 0 aliphatic heterocycles. The van der Waals surface area contributed by atoms with E-state index >= 15 is 0 Å². The Hall–Kier alpha value is -6.48. The van der Waals surface area contributed by atoms with Gasteiger partial charge in [0.2, 0.25) is 0 Å². The second-order valence-corrected chi connectivity index (χ2v) is 16.2. The third-order valence-corrected chi connectivity index (χ3v) is 13.0. The van der Waals surface area contributed by atoms with Gasteiger partial charge in [0.1, 0.15) is 0 Å². The first kappa shape index (κ1) is 35.0. The Morgan fingerprint density at radius 3 is 2.09 bits per heavy atom. The van der Waals surface area contributed by atoms with Crippen LogP contribution >= 0.6 is 11.3 Å². The zero-order chi connectivity index (χ0) is 38.2. The number of hydrogen-bond donors (Lipinski definition) is 0. The van der Waals surface area contributed by atoms with E-state index in [1.807, 2.05) is 17.4 Å². The highest BCUT2D eigenvalue weighted by atomic mass is 32.1. The lowest BCUT2D eigenvalue weighted by Crippen LogP contribution is -2.34. The Balaban J connectivity index is 0.991. The average molecular weight is 750 g/mol. The van der Waals surface area contributed by atoms with Crippen LogP contribution in [0.3, 0.4) is 0 Å². The summed E-state index contributed by atoms with van der Waals surface area (Å²) in [4.78, 5) is 2.58. The maximum absolute atomic E-state index is 4.14. The first-order chi connectivity index (χ1) is 28.2. The minimum atomic E-state index is -0.414. The van der Waals surface area contributed by atoms with Crippen molar-refractivity contribution in [2.45, 2.75) is 30.7 Å². The monoisotopic (exact) mass is 749 g/mol. The fourth-order valence-electron chi connectivity index (χ4n) is 9.25. The number of fused-ring (bicyclic) bond motifs is 6. The maximum Gasteiger partial charge on any atom is 0.0647 e. The molecule has 1 aromatic heterocycles. The zero-order valence-corrected chi connectivity index (χ0v) is 32.7. The van der Waals surface area contributed by atoms with Crippen molar-refractivity contribution in [2.75, 3.05) is 4.90 Å². The highest BCUT2D eigenvalue weighted by molar-refractivity contribution is 7.25. The van der Waals surface area contributed by atoms with Gasteiger partial charge in [0, 0.05) is 31.6 Å². The number of hydrogen-bond acceptors (Lipinski definition) is 2. The van der Waals surface area contributed by atoms with Gasteiger partial charge in [-0.15, -0.1) is 11.3 Å². The lowest BCUT2D eigenvalue weighted by atomic mass is 9.72. The number of anilines is 1. The molecule has 0 spiro atoms. The van der Waals surface area contributed by atoms with Crippen LogP contribution in [-0.2, 0) is 5.41 Å². The van der Waals surface area contributed by atoms with Crippen molar-refractivity contribution in [1.29, 1.82) is 0 Å². The summed E-state index contributed by atoms with van der Waals surface area (Å²) >= 11 is 1.90. The first-order valence-corrected chi connectivity index (χ1v) is 20.9. The molecule has 0 saturated carbocycles. The molecule has 0 amide bonds. The molecule has 0 fully saturated rings. The van der Waals surface area contributed by atoms with Gasteiger partial charge in [-0.05, 0) is 93.6 Å². The van der Waals surface area contributed by atoms with Crippen molar-refractivity contribution in [3.8, 4) is 22.3 Å².